The van der Waals surface area contributed by atoms with Crippen molar-refractivity contribution < 1.29 is 13.3 Å². The van der Waals surface area contributed by atoms with Crippen LogP contribution in [0, 0.1) is 17.0 Å². The average molecular weight is 295 g/mol. The van der Waals surface area contributed by atoms with E-state index in [1.54, 1.807) is 0 Å². The molecule has 1 aromatic rings. The lowest BCUT2D eigenvalue weighted by Gasteiger charge is -2.04. The van der Waals surface area contributed by atoms with Gasteiger partial charge in [-0.1, -0.05) is 0 Å². The highest BCUT2D eigenvalue weighted by molar-refractivity contribution is 9.10. The van der Waals surface area contributed by atoms with E-state index < -0.39 is 14.9 Å². The number of nitro groups is 1. The number of aryl methyl sites for hydroxylation is 1. The van der Waals surface area contributed by atoms with Crippen LogP contribution in [0.15, 0.2) is 21.5 Å². The number of halogens is 1. The van der Waals surface area contributed by atoms with Crippen molar-refractivity contribution in [2.24, 2.45) is 5.14 Å². The number of hydrogen-bond donors (Lipinski definition) is 1. The van der Waals surface area contributed by atoms with E-state index >= 15 is 0 Å². The Hall–Kier alpha value is -0.990. The molecule has 0 aromatic heterocycles. The molecule has 0 atom stereocenters. The second-order valence-electron chi connectivity index (χ2n) is 2.87. The number of hydrogen-bond acceptors (Lipinski definition) is 4. The minimum Gasteiger partial charge on any atom is -0.258 e. The Morgan fingerprint density at radius 2 is 2.00 bits per heavy atom. The lowest BCUT2D eigenvalue weighted by molar-refractivity contribution is -0.385. The van der Waals surface area contributed by atoms with Crippen LogP contribution in [0.4, 0.5) is 5.69 Å². The molecule has 2 N–H and O–H groups in total. The Kier molecular flexibility index (Phi) is 3.12. The topological polar surface area (TPSA) is 103 Å². The molecule has 0 fully saturated rings. The van der Waals surface area contributed by atoms with Crippen LogP contribution in [-0.2, 0) is 10.0 Å². The molecule has 1 rings (SSSR count). The average Bonchev–Trinajstić information content (AvgIpc) is 2.06. The number of nitrogens with two attached hydrogens (primary N) is 1. The van der Waals surface area contributed by atoms with E-state index in [-0.39, 0.29) is 20.6 Å². The summed E-state index contributed by atoms with van der Waals surface area (Å²) in [5.74, 6) is 0. The highest BCUT2D eigenvalue weighted by Crippen LogP contribution is 2.29. The fourth-order valence-corrected chi connectivity index (χ4v) is 2.52. The van der Waals surface area contributed by atoms with Gasteiger partial charge in [0.25, 0.3) is 5.69 Å². The summed E-state index contributed by atoms with van der Waals surface area (Å²) in [6.07, 6.45) is 0. The Morgan fingerprint density at radius 1 is 1.47 bits per heavy atom. The van der Waals surface area contributed by atoms with E-state index in [1.807, 2.05) is 0 Å². The first-order chi connectivity index (χ1) is 6.73. The summed E-state index contributed by atoms with van der Waals surface area (Å²) in [5.41, 5.74) is 0.0484. The number of sulfonamides is 1. The van der Waals surface area contributed by atoms with Gasteiger partial charge in [0.15, 0.2) is 0 Å². The summed E-state index contributed by atoms with van der Waals surface area (Å²) in [5, 5.41) is 15.5. The molecule has 82 valence electrons. The fraction of sp³-hybridized carbons (Fsp3) is 0.143. The Balaban J connectivity index is 3.52. The van der Waals surface area contributed by atoms with Crippen LogP contribution in [0.2, 0.25) is 0 Å². The van der Waals surface area contributed by atoms with Gasteiger partial charge >= 0.3 is 0 Å². The van der Waals surface area contributed by atoms with Crippen LogP contribution < -0.4 is 5.14 Å². The first-order valence-electron chi connectivity index (χ1n) is 3.71. The number of primary sulfonamides is 1. The zero-order valence-electron chi connectivity index (χ0n) is 7.60. The first kappa shape index (κ1) is 12.1. The molecule has 0 bridgehead atoms. The van der Waals surface area contributed by atoms with Crippen LogP contribution in [0.3, 0.4) is 0 Å². The van der Waals surface area contributed by atoms with Gasteiger partial charge < -0.3 is 0 Å². The second kappa shape index (κ2) is 3.87. The largest absolute Gasteiger partial charge is 0.283 e. The Labute approximate surface area is 94.4 Å². The number of rotatable bonds is 2. The van der Waals surface area contributed by atoms with Crippen LogP contribution in [-0.4, -0.2) is 13.3 Å². The molecule has 15 heavy (non-hydrogen) atoms. The van der Waals surface area contributed by atoms with Gasteiger partial charge in [-0.2, -0.15) is 0 Å². The smallest absolute Gasteiger partial charge is 0.258 e. The van der Waals surface area contributed by atoms with Crippen molar-refractivity contribution in [2.45, 2.75) is 11.8 Å². The van der Waals surface area contributed by atoms with Gasteiger partial charge in [0, 0.05) is 6.07 Å². The minimum atomic E-state index is -3.85. The summed E-state index contributed by atoms with van der Waals surface area (Å²) in [6.45, 7) is 1.44. The maximum Gasteiger partial charge on any atom is 0.283 e. The molecule has 1 aromatic carbocycles. The van der Waals surface area contributed by atoms with Crippen molar-refractivity contribution in [3.05, 3.63) is 32.3 Å². The zero-order chi connectivity index (χ0) is 11.8. The zero-order valence-corrected chi connectivity index (χ0v) is 10.0. The second-order valence-corrected chi connectivity index (χ2v) is 5.26. The summed E-state index contributed by atoms with van der Waals surface area (Å²) in [6, 6.07) is 2.28. The molecule has 0 spiro atoms. The first-order valence-corrected chi connectivity index (χ1v) is 6.04. The van der Waals surface area contributed by atoms with E-state index in [0.29, 0.717) is 0 Å². The fourth-order valence-electron chi connectivity index (χ4n) is 1.09. The van der Waals surface area contributed by atoms with Crippen molar-refractivity contribution in [1.82, 2.24) is 0 Å². The summed E-state index contributed by atoms with van der Waals surface area (Å²) in [4.78, 5) is 9.80. The Bertz CT molecular complexity index is 526. The maximum absolute atomic E-state index is 11.1. The molecule has 0 unspecified atom stereocenters. The number of benzene rings is 1. The predicted molar refractivity (Wildman–Crippen MR) is 56.9 cm³/mol. The van der Waals surface area contributed by atoms with Gasteiger partial charge in [-0.25, -0.2) is 13.6 Å². The van der Waals surface area contributed by atoms with E-state index in [4.69, 9.17) is 5.14 Å². The minimum absolute atomic E-state index is 0.0853. The van der Waals surface area contributed by atoms with E-state index in [9.17, 15) is 18.5 Å². The van der Waals surface area contributed by atoms with Crippen molar-refractivity contribution in [3.8, 4) is 0 Å². The van der Waals surface area contributed by atoms with E-state index in [2.05, 4.69) is 15.9 Å². The highest BCUT2D eigenvalue weighted by atomic mass is 79.9. The third-order valence-corrected chi connectivity index (χ3v) is 3.44. The lowest BCUT2D eigenvalue weighted by atomic mass is 10.2. The van der Waals surface area contributed by atoms with Gasteiger partial charge in [-0.05, 0) is 34.5 Å². The van der Waals surface area contributed by atoms with Crippen molar-refractivity contribution in [2.75, 3.05) is 0 Å². The van der Waals surface area contributed by atoms with Crippen LogP contribution in [0.1, 0.15) is 5.56 Å². The molecule has 0 saturated carbocycles. The Morgan fingerprint density at radius 3 is 2.40 bits per heavy atom. The van der Waals surface area contributed by atoms with Crippen molar-refractivity contribution in [3.63, 3.8) is 0 Å². The monoisotopic (exact) mass is 294 g/mol. The number of nitrogens with zero attached hydrogens (tertiary/aromatic N) is 1. The summed E-state index contributed by atoms with van der Waals surface area (Å²) in [7, 11) is -3.85. The van der Waals surface area contributed by atoms with Gasteiger partial charge in [-0.3, -0.25) is 10.1 Å². The normalized spacial score (nSPS) is 11.4. The molecule has 8 heteroatoms. The highest BCUT2D eigenvalue weighted by Gasteiger charge is 2.19. The molecule has 0 aliphatic heterocycles. The van der Waals surface area contributed by atoms with Crippen molar-refractivity contribution >= 4 is 31.6 Å². The molecular weight excluding hydrogens is 288 g/mol. The van der Waals surface area contributed by atoms with Gasteiger partial charge in [0.1, 0.15) is 0 Å². The van der Waals surface area contributed by atoms with Crippen LogP contribution in [0.5, 0.6) is 0 Å². The molecular formula is C7H7BrN2O4S. The molecule has 0 radical (unpaired) electrons. The van der Waals surface area contributed by atoms with Gasteiger partial charge in [-0.15, -0.1) is 0 Å². The predicted octanol–water partition coefficient (Wildman–Crippen LogP) is 1.31. The van der Waals surface area contributed by atoms with Crippen LogP contribution in [0.25, 0.3) is 0 Å². The molecule has 0 aliphatic rings. The molecule has 0 saturated heterocycles. The van der Waals surface area contributed by atoms with E-state index in [1.165, 1.54) is 6.92 Å². The molecule has 0 amide bonds. The lowest BCUT2D eigenvalue weighted by Crippen LogP contribution is -2.14. The SMILES string of the molecule is Cc1cc([N+](=O)[O-])c(Br)cc1S(N)(=O)=O. The van der Waals surface area contributed by atoms with Gasteiger partial charge in [0.2, 0.25) is 10.0 Å². The third-order valence-electron chi connectivity index (χ3n) is 1.75. The molecule has 0 heterocycles. The molecule has 6 nitrogen and oxygen atoms in total. The van der Waals surface area contributed by atoms with Gasteiger partial charge in [0.05, 0.1) is 14.3 Å². The summed E-state index contributed by atoms with van der Waals surface area (Å²) >= 11 is 2.91. The third kappa shape index (κ3) is 2.52. The quantitative estimate of drug-likeness (QED) is 0.656. The van der Waals surface area contributed by atoms with Crippen molar-refractivity contribution in [1.29, 1.82) is 0 Å². The maximum atomic E-state index is 11.1. The standard InChI is InChI=1S/C7H7BrN2O4S/c1-4-2-6(10(11)12)5(8)3-7(4)15(9,13)14/h2-3H,1H3,(H2,9,13,14). The molecule has 0 aliphatic carbocycles. The number of nitro benzene ring substituents is 1. The summed E-state index contributed by atoms with van der Waals surface area (Å²) < 4.78 is 22.2. The van der Waals surface area contributed by atoms with Crippen LogP contribution >= 0.6 is 15.9 Å². The van der Waals surface area contributed by atoms with E-state index in [0.717, 1.165) is 12.1 Å².